The van der Waals surface area contributed by atoms with Crippen molar-refractivity contribution in [3.63, 3.8) is 0 Å². The van der Waals surface area contributed by atoms with Crippen molar-refractivity contribution in [1.82, 2.24) is 10.6 Å². The molecule has 2 amide bonds. The number of benzene rings is 1. The Balaban J connectivity index is 1.42. The molecule has 0 spiro atoms. The Morgan fingerprint density at radius 1 is 1.06 bits per heavy atom. The fourth-order valence-electron chi connectivity index (χ4n) is 5.23. The van der Waals surface area contributed by atoms with Crippen LogP contribution in [-0.4, -0.2) is 48.7 Å². The van der Waals surface area contributed by atoms with Crippen molar-refractivity contribution in [3.8, 4) is 11.5 Å². The quantitative estimate of drug-likeness (QED) is 0.467. The van der Waals surface area contributed by atoms with Gasteiger partial charge >= 0.3 is 5.97 Å². The van der Waals surface area contributed by atoms with Crippen molar-refractivity contribution in [3.05, 3.63) is 23.5 Å². The van der Waals surface area contributed by atoms with Gasteiger partial charge in [-0.1, -0.05) is 13.3 Å². The average molecular weight is 505 g/mol. The zero-order valence-corrected chi connectivity index (χ0v) is 21.3. The van der Waals surface area contributed by atoms with E-state index in [1.165, 1.54) is 13.2 Å². The molecule has 8 nitrogen and oxygen atoms in total. The molecule has 3 N–H and O–H groups in total. The maximum Gasteiger partial charge on any atom is 0.309 e. The molecule has 0 aliphatic heterocycles. The van der Waals surface area contributed by atoms with Gasteiger partial charge in [-0.05, 0) is 69.8 Å². The molecule has 0 aromatic heterocycles. The molecule has 2 unspecified atom stereocenters. The van der Waals surface area contributed by atoms with Crippen LogP contribution in [0.15, 0.2) is 12.1 Å². The highest BCUT2D eigenvalue weighted by Gasteiger charge is 2.40. The van der Waals surface area contributed by atoms with Crippen LogP contribution >= 0.6 is 0 Å². The molecule has 3 aliphatic rings. The highest BCUT2D eigenvalue weighted by atomic mass is 19.1. The molecule has 0 bridgehead atoms. The summed E-state index contributed by atoms with van der Waals surface area (Å²) in [6.45, 7) is 4.52. The van der Waals surface area contributed by atoms with Gasteiger partial charge in [-0.3, -0.25) is 14.4 Å². The lowest BCUT2D eigenvalue weighted by Gasteiger charge is -2.34. The molecule has 4 rings (SSSR count). The second kappa shape index (κ2) is 10.3. The minimum atomic E-state index is -0.837. The van der Waals surface area contributed by atoms with E-state index in [2.05, 4.69) is 17.6 Å². The van der Waals surface area contributed by atoms with Crippen LogP contribution in [0.1, 0.15) is 82.0 Å². The number of ether oxygens (including phenoxy) is 2. The highest BCUT2D eigenvalue weighted by Crippen LogP contribution is 2.44. The van der Waals surface area contributed by atoms with Gasteiger partial charge in [-0.25, -0.2) is 4.39 Å². The van der Waals surface area contributed by atoms with E-state index < -0.39 is 23.1 Å². The third kappa shape index (κ3) is 5.76. The van der Waals surface area contributed by atoms with Gasteiger partial charge in [0.2, 0.25) is 5.91 Å². The molecule has 3 saturated carbocycles. The number of carbonyl (C=O) groups is 3. The number of carboxylic acids is 1. The molecular weight excluding hydrogens is 467 g/mol. The highest BCUT2D eigenvalue weighted by molar-refractivity contribution is 5.98. The average Bonchev–Trinajstić information content (AvgIpc) is 3.41. The Hall–Kier alpha value is -2.84. The zero-order chi connectivity index (χ0) is 26.1. The molecular formula is C27H37FN2O6. The van der Waals surface area contributed by atoms with Crippen molar-refractivity contribution in [2.45, 2.75) is 83.8 Å². The summed E-state index contributed by atoms with van der Waals surface area (Å²) >= 11 is 0. The van der Waals surface area contributed by atoms with Crippen LogP contribution < -0.4 is 20.1 Å². The minimum absolute atomic E-state index is 0.0355. The molecule has 2 atom stereocenters. The second-order valence-corrected chi connectivity index (χ2v) is 11.3. The van der Waals surface area contributed by atoms with E-state index in [4.69, 9.17) is 9.47 Å². The van der Waals surface area contributed by atoms with E-state index in [1.807, 2.05) is 0 Å². The Bertz CT molecular complexity index is 1020. The van der Waals surface area contributed by atoms with Crippen LogP contribution in [0.3, 0.4) is 0 Å². The first kappa shape index (κ1) is 26.2. The lowest BCUT2D eigenvalue weighted by atomic mass is 9.75. The number of nitrogens with one attached hydrogen (secondary N) is 2. The number of halogens is 1. The molecule has 9 heteroatoms. The van der Waals surface area contributed by atoms with Gasteiger partial charge in [-0.15, -0.1) is 0 Å². The van der Waals surface area contributed by atoms with Crippen LogP contribution in [0.4, 0.5) is 4.39 Å². The van der Waals surface area contributed by atoms with E-state index in [9.17, 15) is 23.9 Å². The number of rotatable bonds is 9. The van der Waals surface area contributed by atoms with Crippen LogP contribution in [0.25, 0.3) is 0 Å². The van der Waals surface area contributed by atoms with E-state index in [1.54, 1.807) is 6.92 Å². The number of hydrogen-bond donors (Lipinski definition) is 3. The summed E-state index contributed by atoms with van der Waals surface area (Å²) in [6, 6.07) is 2.16. The van der Waals surface area contributed by atoms with E-state index >= 15 is 0 Å². The summed E-state index contributed by atoms with van der Waals surface area (Å²) in [5, 5.41) is 15.4. The Morgan fingerprint density at radius 3 is 2.36 bits per heavy atom. The first-order valence-electron chi connectivity index (χ1n) is 12.9. The van der Waals surface area contributed by atoms with Gasteiger partial charge < -0.3 is 25.2 Å². The van der Waals surface area contributed by atoms with Crippen LogP contribution in [-0.2, 0) is 9.59 Å². The Labute approximate surface area is 211 Å². The summed E-state index contributed by atoms with van der Waals surface area (Å²) in [7, 11) is 1.37. The number of methoxy groups -OCH3 is 1. The van der Waals surface area contributed by atoms with Crippen LogP contribution in [0, 0.1) is 22.6 Å². The van der Waals surface area contributed by atoms with E-state index in [-0.39, 0.29) is 46.4 Å². The largest absolute Gasteiger partial charge is 0.496 e. The van der Waals surface area contributed by atoms with Gasteiger partial charge in [0, 0.05) is 18.7 Å². The number of amides is 2. The van der Waals surface area contributed by atoms with Gasteiger partial charge in [0.15, 0.2) is 11.6 Å². The van der Waals surface area contributed by atoms with Gasteiger partial charge in [0.25, 0.3) is 5.91 Å². The molecule has 0 saturated heterocycles. The maximum absolute atomic E-state index is 14.8. The fraction of sp³-hybridized carbons (Fsp3) is 0.667. The zero-order valence-electron chi connectivity index (χ0n) is 21.3. The molecule has 3 fully saturated rings. The third-order valence-electron chi connectivity index (χ3n) is 8.31. The predicted molar refractivity (Wildman–Crippen MR) is 131 cm³/mol. The maximum atomic E-state index is 14.8. The topological polar surface area (TPSA) is 114 Å². The summed E-state index contributed by atoms with van der Waals surface area (Å²) in [5.41, 5.74) is -0.462. The number of hydrogen-bond acceptors (Lipinski definition) is 5. The summed E-state index contributed by atoms with van der Waals surface area (Å²) in [6.07, 6.45) is 5.96. The fourth-order valence-corrected chi connectivity index (χ4v) is 5.23. The van der Waals surface area contributed by atoms with Crippen molar-refractivity contribution in [2.24, 2.45) is 16.7 Å². The number of carbonyl (C=O) groups excluding carboxylic acids is 2. The van der Waals surface area contributed by atoms with Gasteiger partial charge in [-0.2, -0.15) is 0 Å². The molecule has 0 heterocycles. The van der Waals surface area contributed by atoms with Crippen molar-refractivity contribution in [1.29, 1.82) is 0 Å². The third-order valence-corrected chi connectivity index (χ3v) is 8.31. The number of aliphatic carboxylic acids is 1. The van der Waals surface area contributed by atoms with Gasteiger partial charge in [0.05, 0.1) is 30.1 Å². The molecule has 198 valence electrons. The molecule has 0 radical (unpaired) electrons. The van der Waals surface area contributed by atoms with Crippen LogP contribution in [0.2, 0.25) is 0 Å². The predicted octanol–water partition coefficient (Wildman–Crippen LogP) is 4.06. The first-order valence-corrected chi connectivity index (χ1v) is 12.9. The normalized spacial score (nSPS) is 28.7. The first-order chi connectivity index (χ1) is 17.0. The second-order valence-electron chi connectivity index (χ2n) is 11.3. The van der Waals surface area contributed by atoms with Gasteiger partial charge in [0.1, 0.15) is 5.75 Å². The molecule has 36 heavy (non-hydrogen) atoms. The Kier molecular flexibility index (Phi) is 7.48. The summed E-state index contributed by atoms with van der Waals surface area (Å²) in [5.74, 6) is -2.25. The molecule has 3 aliphatic carbocycles. The number of carboxylic acid groups (broad SMARTS) is 1. The smallest absolute Gasteiger partial charge is 0.309 e. The molecule has 1 aromatic rings. The lowest BCUT2D eigenvalue weighted by Crippen LogP contribution is -2.45. The Morgan fingerprint density at radius 2 is 1.75 bits per heavy atom. The summed E-state index contributed by atoms with van der Waals surface area (Å²) in [4.78, 5) is 37.5. The molecule has 1 aromatic carbocycles. The standard InChI is InChI=1S/C27H37FN2O6/c1-26(11-12-26)15-29-23(31)17-5-4-6-20(17)30-24(32)18-13-22(19(28)14-21(18)35-3)36-16-7-9-27(2,10-8-16)25(33)34/h13-14,16-17,20H,4-12,15H2,1-3H3,(H,29,31)(H,30,32)(H,33,34). The monoisotopic (exact) mass is 504 g/mol. The van der Waals surface area contributed by atoms with Crippen molar-refractivity contribution >= 4 is 17.8 Å². The minimum Gasteiger partial charge on any atom is -0.496 e. The summed E-state index contributed by atoms with van der Waals surface area (Å²) < 4.78 is 25.9. The lowest BCUT2D eigenvalue weighted by molar-refractivity contribution is -0.150. The van der Waals surface area contributed by atoms with E-state index in [0.29, 0.717) is 45.1 Å². The van der Waals surface area contributed by atoms with Crippen molar-refractivity contribution < 1.29 is 33.4 Å². The van der Waals surface area contributed by atoms with E-state index in [0.717, 1.165) is 25.3 Å². The van der Waals surface area contributed by atoms with Crippen molar-refractivity contribution in [2.75, 3.05) is 13.7 Å². The van der Waals surface area contributed by atoms with Crippen LogP contribution in [0.5, 0.6) is 11.5 Å². The SMILES string of the molecule is COc1cc(F)c(OC2CCC(C)(C(=O)O)CC2)cc1C(=O)NC1CCCC1C(=O)NCC1(C)CC1.